The Balaban J connectivity index is 1.97. The molecule has 0 amide bonds. The first-order valence-electron chi connectivity index (χ1n) is 7.61. The van der Waals surface area contributed by atoms with Gasteiger partial charge in [0.2, 0.25) is 0 Å². The lowest BCUT2D eigenvalue weighted by molar-refractivity contribution is -0.150. The quantitative estimate of drug-likeness (QED) is 0.881. The third-order valence-corrected chi connectivity index (χ3v) is 4.79. The van der Waals surface area contributed by atoms with Crippen LogP contribution < -0.4 is 0 Å². The van der Waals surface area contributed by atoms with Crippen molar-refractivity contribution in [2.24, 2.45) is 12.5 Å². The molecule has 1 aliphatic rings. The van der Waals surface area contributed by atoms with Crippen LogP contribution >= 0.6 is 0 Å². The van der Waals surface area contributed by atoms with Gasteiger partial charge in [-0.2, -0.15) is 0 Å². The number of carbonyl (C=O) groups is 1. The molecule has 0 aliphatic heterocycles. The fraction of sp³-hybridized carbons (Fsp3) is 0.562. The number of aryl methyl sites for hydroxylation is 1. The Hall–Kier alpha value is -1.91. The van der Waals surface area contributed by atoms with Crippen molar-refractivity contribution in [3.05, 3.63) is 24.3 Å². The molecule has 0 spiro atoms. The molecule has 1 saturated carbocycles. The molecule has 1 N–H and O–H groups in total. The summed E-state index contributed by atoms with van der Waals surface area (Å²) < 4.78 is 1.98. The molecule has 1 aliphatic carbocycles. The minimum absolute atomic E-state index is 0.507. The maximum atomic E-state index is 11.9. The molecule has 21 heavy (non-hydrogen) atoms. The van der Waals surface area contributed by atoms with Crippen LogP contribution in [0.25, 0.3) is 11.0 Å². The van der Waals surface area contributed by atoms with Gasteiger partial charge in [-0.15, -0.1) is 0 Å². The van der Waals surface area contributed by atoms with Gasteiger partial charge in [-0.3, -0.25) is 9.78 Å². The predicted octanol–water partition coefficient (Wildman–Crippen LogP) is 2.94. The Morgan fingerprint density at radius 3 is 2.67 bits per heavy atom. The van der Waals surface area contributed by atoms with E-state index in [0.717, 1.165) is 55.4 Å². The van der Waals surface area contributed by atoms with Crippen molar-refractivity contribution >= 4 is 17.0 Å². The topological polar surface area (TPSA) is 68.0 Å². The van der Waals surface area contributed by atoms with Gasteiger partial charge in [-0.25, -0.2) is 4.98 Å². The standard InChI is InChI=1S/C16H21N3O2/c1-19-13-11-17-9-6-12(13)18-14(19)10-16(15(20)21)7-4-2-3-5-8-16/h6,9,11H,2-5,7-8,10H2,1H3,(H,20,21). The molecule has 0 bridgehead atoms. The third-order valence-electron chi connectivity index (χ3n) is 4.79. The number of hydrogen-bond acceptors (Lipinski definition) is 3. The summed E-state index contributed by atoms with van der Waals surface area (Å²) >= 11 is 0. The molecule has 0 atom stereocenters. The van der Waals surface area contributed by atoms with Crippen LogP contribution in [0.15, 0.2) is 18.5 Å². The van der Waals surface area contributed by atoms with Crippen molar-refractivity contribution in [2.45, 2.75) is 44.9 Å². The lowest BCUT2D eigenvalue weighted by Gasteiger charge is -2.27. The second-order valence-electron chi connectivity index (χ2n) is 6.13. The summed E-state index contributed by atoms with van der Waals surface area (Å²) in [6.45, 7) is 0. The van der Waals surface area contributed by atoms with Crippen molar-refractivity contribution in [3.63, 3.8) is 0 Å². The number of carboxylic acid groups (broad SMARTS) is 1. The van der Waals surface area contributed by atoms with Gasteiger partial charge in [0.25, 0.3) is 0 Å². The summed E-state index contributed by atoms with van der Waals surface area (Å²) in [6, 6.07) is 1.87. The van der Waals surface area contributed by atoms with E-state index in [4.69, 9.17) is 0 Å². The molecule has 112 valence electrons. The molecule has 0 aromatic carbocycles. The Bertz CT molecular complexity index is 655. The lowest BCUT2D eigenvalue weighted by Crippen LogP contribution is -2.33. The highest BCUT2D eigenvalue weighted by Gasteiger charge is 2.40. The van der Waals surface area contributed by atoms with E-state index in [2.05, 4.69) is 9.97 Å². The third kappa shape index (κ3) is 2.52. The van der Waals surface area contributed by atoms with Crippen LogP contribution in [0.5, 0.6) is 0 Å². The molecular formula is C16H21N3O2. The zero-order valence-corrected chi connectivity index (χ0v) is 12.4. The molecule has 5 nitrogen and oxygen atoms in total. The fourth-order valence-electron chi connectivity index (χ4n) is 3.42. The largest absolute Gasteiger partial charge is 0.481 e. The highest BCUT2D eigenvalue weighted by molar-refractivity contribution is 5.77. The molecule has 3 rings (SSSR count). The van der Waals surface area contributed by atoms with E-state index in [-0.39, 0.29) is 0 Å². The monoisotopic (exact) mass is 287 g/mol. The smallest absolute Gasteiger partial charge is 0.310 e. The van der Waals surface area contributed by atoms with Crippen molar-refractivity contribution in [3.8, 4) is 0 Å². The Labute approximate surface area is 124 Å². The van der Waals surface area contributed by atoms with Gasteiger partial charge in [0, 0.05) is 19.7 Å². The minimum atomic E-state index is -0.672. The number of fused-ring (bicyclic) bond motifs is 1. The van der Waals surface area contributed by atoms with E-state index in [1.807, 2.05) is 17.7 Å². The first-order valence-corrected chi connectivity index (χ1v) is 7.61. The van der Waals surface area contributed by atoms with E-state index >= 15 is 0 Å². The van der Waals surface area contributed by atoms with E-state index in [9.17, 15) is 9.90 Å². The summed E-state index contributed by atoms with van der Waals surface area (Å²) in [7, 11) is 1.94. The lowest BCUT2D eigenvalue weighted by atomic mass is 9.77. The number of pyridine rings is 1. The van der Waals surface area contributed by atoms with Crippen LogP contribution in [0.1, 0.15) is 44.3 Å². The van der Waals surface area contributed by atoms with Crippen molar-refractivity contribution in [1.29, 1.82) is 0 Å². The van der Waals surface area contributed by atoms with Gasteiger partial charge in [-0.1, -0.05) is 25.7 Å². The molecule has 0 saturated heterocycles. The number of imidazole rings is 1. The number of aromatic nitrogens is 3. The first-order chi connectivity index (χ1) is 10.1. The van der Waals surface area contributed by atoms with Crippen LogP contribution in [0.2, 0.25) is 0 Å². The van der Waals surface area contributed by atoms with Crippen LogP contribution in [0, 0.1) is 5.41 Å². The summed E-state index contributed by atoms with van der Waals surface area (Å²) in [4.78, 5) is 20.7. The summed E-state index contributed by atoms with van der Waals surface area (Å²) in [5.74, 6) is 0.178. The normalized spacial score (nSPS) is 18.5. The zero-order valence-electron chi connectivity index (χ0n) is 12.4. The number of aliphatic carboxylic acids is 1. The van der Waals surface area contributed by atoms with Crippen molar-refractivity contribution < 1.29 is 9.90 Å². The summed E-state index contributed by atoms with van der Waals surface area (Å²) in [5, 5.41) is 9.79. The Morgan fingerprint density at radius 2 is 2.05 bits per heavy atom. The number of hydrogen-bond donors (Lipinski definition) is 1. The SMILES string of the molecule is Cn1c(CC2(C(=O)O)CCCCCC2)nc2ccncc21. The van der Waals surface area contributed by atoms with Gasteiger partial charge in [0.1, 0.15) is 5.82 Å². The first kappa shape index (κ1) is 14.0. The zero-order chi connectivity index (χ0) is 14.9. The summed E-state index contributed by atoms with van der Waals surface area (Å²) in [6.07, 6.45) is 9.80. The predicted molar refractivity (Wildman–Crippen MR) is 80.0 cm³/mol. The van der Waals surface area contributed by atoms with E-state index < -0.39 is 11.4 Å². The van der Waals surface area contributed by atoms with Gasteiger partial charge in [-0.05, 0) is 18.9 Å². The number of nitrogens with zero attached hydrogens (tertiary/aromatic N) is 3. The van der Waals surface area contributed by atoms with E-state index in [1.54, 1.807) is 12.4 Å². The Kier molecular flexibility index (Phi) is 3.66. The average molecular weight is 287 g/mol. The van der Waals surface area contributed by atoms with Crippen molar-refractivity contribution in [2.75, 3.05) is 0 Å². The van der Waals surface area contributed by atoms with Crippen LogP contribution in [-0.2, 0) is 18.3 Å². The molecule has 0 unspecified atom stereocenters. The molecule has 0 radical (unpaired) electrons. The van der Waals surface area contributed by atoms with Crippen molar-refractivity contribution in [1.82, 2.24) is 14.5 Å². The number of rotatable bonds is 3. The van der Waals surface area contributed by atoms with Crippen LogP contribution in [-0.4, -0.2) is 25.6 Å². The molecular weight excluding hydrogens is 266 g/mol. The highest BCUT2D eigenvalue weighted by Crippen LogP contribution is 2.38. The molecule has 2 heterocycles. The average Bonchev–Trinajstić information content (AvgIpc) is 2.66. The molecule has 1 fully saturated rings. The second-order valence-corrected chi connectivity index (χ2v) is 6.13. The molecule has 2 aromatic rings. The fourth-order valence-corrected chi connectivity index (χ4v) is 3.42. The molecule has 5 heteroatoms. The van der Waals surface area contributed by atoms with Crippen LogP contribution in [0.3, 0.4) is 0 Å². The van der Waals surface area contributed by atoms with E-state index in [0.29, 0.717) is 6.42 Å². The maximum absolute atomic E-state index is 11.9. The second kappa shape index (κ2) is 5.47. The van der Waals surface area contributed by atoms with Gasteiger partial charge >= 0.3 is 5.97 Å². The molecule has 2 aromatic heterocycles. The maximum Gasteiger partial charge on any atom is 0.310 e. The van der Waals surface area contributed by atoms with Crippen LogP contribution in [0.4, 0.5) is 0 Å². The highest BCUT2D eigenvalue weighted by atomic mass is 16.4. The van der Waals surface area contributed by atoms with Gasteiger partial charge < -0.3 is 9.67 Å². The van der Waals surface area contributed by atoms with E-state index in [1.165, 1.54) is 0 Å². The van der Waals surface area contributed by atoms with Gasteiger partial charge in [0.05, 0.1) is 22.6 Å². The Morgan fingerprint density at radius 1 is 1.33 bits per heavy atom. The number of carboxylic acids is 1. The minimum Gasteiger partial charge on any atom is -0.481 e. The van der Waals surface area contributed by atoms with Gasteiger partial charge in [0.15, 0.2) is 0 Å². The summed E-state index contributed by atoms with van der Waals surface area (Å²) in [5.41, 5.74) is 1.19.